The van der Waals surface area contributed by atoms with Crippen LogP contribution in [0, 0.1) is 0 Å². The average Bonchev–Trinajstić information content (AvgIpc) is 2.72. The lowest BCUT2D eigenvalue weighted by Crippen LogP contribution is -2.62. The summed E-state index contributed by atoms with van der Waals surface area (Å²) in [7, 11) is 0. The Balaban J connectivity index is 2.11. The molecule has 0 aromatic carbocycles. The Bertz CT molecular complexity index is 193. The molecule has 1 aliphatic heterocycles. The van der Waals surface area contributed by atoms with Crippen LogP contribution in [0.25, 0.3) is 0 Å². The normalized spacial score (nSPS) is 26.6. The molecule has 15 heavy (non-hydrogen) atoms. The highest BCUT2D eigenvalue weighted by molar-refractivity contribution is 5.01. The van der Waals surface area contributed by atoms with Crippen LogP contribution in [-0.2, 0) is 0 Å². The molecule has 2 fully saturated rings. The van der Waals surface area contributed by atoms with Gasteiger partial charge in [0.2, 0.25) is 0 Å². The molecule has 0 amide bonds. The Kier molecular flexibility index (Phi) is 3.68. The fourth-order valence-electron chi connectivity index (χ4n) is 3.66. The molecule has 0 aromatic heterocycles. The van der Waals surface area contributed by atoms with E-state index in [-0.39, 0.29) is 0 Å². The van der Waals surface area contributed by atoms with E-state index in [1.807, 2.05) is 0 Å². The van der Waals surface area contributed by atoms with E-state index in [0.717, 1.165) is 6.04 Å². The molecule has 2 rings (SSSR count). The van der Waals surface area contributed by atoms with E-state index in [0.29, 0.717) is 5.54 Å². The van der Waals surface area contributed by atoms with E-state index in [1.54, 1.807) is 0 Å². The Labute approximate surface area is 94.4 Å². The summed E-state index contributed by atoms with van der Waals surface area (Å²) in [5, 5.41) is 3.61. The first-order valence-corrected chi connectivity index (χ1v) is 6.80. The fourth-order valence-corrected chi connectivity index (χ4v) is 3.66. The van der Waals surface area contributed by atoms with Crippen LogP contribution in [0.3, 0.4) is 0 Å². The maximum absolute atomic E-state index is 3.61. The molecule has 88 valence electrons. The minimum Gasteiger partial charge on any atom is -0.314 e. The molecule has 0 unspecified atom stereocenters. The van der Waals surface area contributed by atoms with Gasteiger partial charge in [0.25, 0.3) is 0 Å². The van der Waals surface area contributed by atoms with Crippen LogP contribution in [0.2, 0.25) is 0 Å². The first kappa shape index (κ1) is 11.4. The topological polar surface area (TPSA) is 15.3 Å². The molecular formula is C13H26N2. The van der Waals surface area contributed by atoms with Crippen LogP contribution in [0.15, 0.2) is 0 Å². The highest BCUT2D eigenvalue weighted by Crippen LogP contribution is 2.38. The SMILES string of the molecule is CCC(CC)N1CCNCC12CCCC2. The molecule has 0 bridgehead atoms. The molecule has 2 aliphatic rings. The van der Waals surface area contributed by atoms with Crippen LogP contribution in [0.5, 0.6) is 0 Å². The van der Waals surface area contributed by atoms with Crippen molar-refractivity contribution >= 4 is 0 Å². The van der Waals surface area contributed by atoms with Gasteiger partial charge in [-0.05, 0) is 25.7 Å². The van der Waals surface area contributed by atoms with E-state index in [9.17, 15) is 0 Å². The predicted octanol–water partition coefficient (Wildman–Crippen LogP) is 2.39. The molecule has 0 aromatic rings. The van der Waals surface area contributed by atoms with Gasteiger partial charge in [-0.3, -0.25) is 4.90 Å². The number of nitrogens with one attached hydrogen (secondary N) is 1. The first-order chi connectivity index (χ1) is 7.32. The molecule has 0 radical (unpaired) electrons. The number of rotatable bonds is 3. The van der Waals surface area contributed by atoms with Gasteiger partial charge in [0.1, 0.15) is 0 Å². The standard InChI is InChI=1S/C13H26N2/c1-3-12(4-2)15-10-9-14-11-13(15)7-5-6-8-13/h12,14H,3-11H2,1-2H3. The van der Waals surface area contributed by atoms with Crippen molar-refractivity contribution in [3.8, 4) is 0 Å². The maximum atomic E-state index is 3.61. The van der Waals surface area contributed by atoms with Crippen LogP contribution < -0.4 is 5.32 Å². The summed E-state index contributed by atoms with van der Waals surface area (Å²) in [6.45, 7) is 8.39. The van der Waals surface area contributed by atoms with Gasteiger partial charge in [0.15, 0.2) is 0 Å². The number of nitrogens with zero attached hydrogens (tertiary/aromatic N) is 1. The fraction of sp³-hybridized carbons (Fsp3) is 1.00. The molecule has 0 atom stereocenters. The maximum Gasteiger partial charge on any atom is 0.0337 e. The van der Waals surface area contributed by atoms with Crippen LogP contribution in [-0.4, -0.2) is 36.1 Å². The summed E-state index contributed by atoms with van der Waals surface area (Å²) < 4.78 is 0. The monoisotopic (exact) mass is 210 g/mol. The van der Waals surface area contributed by atoms with E-state index in [1.165, 1.54) is 58.2 Å². The summed E-state index contributed by atoms with van der Waals surface area (Å²) >= 11 is 0. The zero-order valence-electron chi connectivity index (χ0n) is 10.4. The van der Waals surface area contributed by atoms with Crippen molar-refractivity contribution in [2.75, 3.05) is 19.6 Å². The number of hydrogen-bond donors (Lipinski definition) is 1. The summed E-state index contributed by atoms with van der Waals surface area (Å²) in [5.41, 5.74) is 0.537. The van der Waals surface area contributed by atoms with Crippen LogP contribution in [0.1, 0.15) is 52.4 Å². The van der Waals surface area contributed by atoms with Crippen molar-refractivity contribution in [3.63, 3.8) is 0 Å². The molecule has 1 spiro atoms. The largest absolute Gasteiger partial charge is 0.314 e. The highest BCUT2D eigenvalue weighted by atomic mass is 15.3. The summed E-state index contributed by atoms with van der Waals surface area (Å²) in [6, 6.07) is 0.824. The molecule has 1 saturated heterocycles. The van der Waals surface area contributed by atoms with Gasteiger partial charge in [-0.1, -0.05) is 26.7 Å². The van der Waals surface area contributed by atoms with Gasteiger partial charge in [-0.25, -0.2) is 0 Å². The predicted molar refractivity (Wildman–Crippen MR) is 65.1 cm³/mol. The van der Waals surface area contributed by atoms with E-state index in [4.69, 9.17) is 0 Å². The zero-order chi connectivity index (χ0) is 10.7. The molecule has 2 heteroatoms. The van der Waals surface area contributed by atoms with Gasteiger partial charge in [-0.15, -0.1) is 0 Å². The second-order valence-electron chi connectivity index (χ2n) is 5.27. The Hall–Kier alpha value is -0.0800. The van der Waals surface area contributed by atoms with Crippen LogP contribution in [0.4, 0.5) is 0 Å². The summed E-state index contributed by atoms with van der Waals surface area (Å²) in [5.74, 6) is 0. The van der Waals surface area contributed by atoms with E-state index < -0.39 is 0 Å². The van der Waals surface area contributed by atoms with E-state index in [2.05, 4.69) is 24.1 Å². The van der Waals surface area contributed by atoms with Crippen molar-refractivity contribution in [2.24, 2.45) is 0 Å². The van der Waals surface area contributed by atoms with Gasteiger partial charge >= 0.3 is 0 Å². The lowest BCUT2D eigenvalue weighted by molar-refractivity contribution is 0.0200. The second-order valence-corrected chi connectivity index (χ2v) is 5.27. The Morgan fingerprint density at radius 1 is 1.20 bits per heavy atom. The molecule has 1 N–H and O–H groups in total. The van der Waals surface area contributed by atoms with Crippen molar-refractivity contribution in [3.05, 3.63) is 0 Å². The zero-order valence-corrected chi connectivity index (χ0v) is 10.4. The third-order valence-electron chi connectivity index (χ3n) is 4.51. The molecular weight excluding hydrogens is 184 g/mol. The van der Waals surface area contributed by atoms with Crippen molar-refractivity contribution < 1.29 is 0 Å². The summed E-state index contributed by atoms with van der Waals surface area (Å²) in [6.07, 6.45) is 8.38. The van der Waals surface area contributed by atoms with Crippen molar-refractivity contribution in [1.29, 1.82) is 0 Å². The lowest BCUT2D eigenvalue weighted by Gasteiger charge is -2.49. The third-order valence-corrected chi connectivity index (χ3v) is 4.51. The molecule has 1 aliphatic carbocycles. The first-order valence-electron chi connectivity index (χ1n) is 6.80. The smallest absolute Gasteiger partial charge is 0.0337 e. The second kappa shape index (κ2) is 4.84. The van der Waals surface area contributed by atoms with E-state index >= 15 is 0 Å². The Morgan fingerprint density at radius 2 is 1.87 bits per heavy atom. The number of hydrogen-bond acceptors (Lipinski definition) is 2. The van der Waals surface area contributed by atoms with Gasteiger partial charge < -0.3 is 5.32 Å². The average molecular weight is 210 g/mol. The minimum absolute atomic E-state index is 0.537. The van der Waals surface area contributed by atoms with Crippen molar-refractivity contribution in [1.82, 2.24) is 10.2 Å². The molecule has 1 saturated carbocycles. The van der Waals surface area contributed by atoms with Crippen molar-refractivity contribution in [2.45, 2.75) is 64.0 Å². The van der Waals surface area contributed by atoms with Gasteiger partial charge in [-0.2, -0.15) is 0 Å². The summed E-state index contributed by atoms with van der Waals surface area (Å²) in [4.78, 5) is 2.84. The van der Waals surface area contributed by atoms with Crippen LogP contribution >= 0.6 is 0 Å². The van der Waals surface area contributed by atoms with Gasteiger partial charge in [0.05, 0.1) is 0 Å². The third kappa shape index (κ3) is 2.07. The van der Waals surface area contributed by atoms with Gasteiger partial charge in [0, 0.05) is 31.2 Å². The minimum atomic E-state index is 0.537. The molecule has 2 nitrogen and oxygen atoms in total. The Morgan fingerprint density at radius 3 is 2.47 bits per heavy atom. The highest BCUT2D eigenvalue weighted by Gasteiger charge is 2.42. The quantitative estimate of drug-likeness (QED) is 0.769. The number of piperazine rings is 1. The molecule has 1 heterocycles. The lowest BCUT2D eigenvalue weighted by atomic mass is 9.89.